The minimum absolute atomic E-state index is 0.0208. The Balaban J connectivity index is 1.84. The predicted octanol–water partition coefficient (Wildman–Crippen LogP) is 2.92. The van der Waals surface area contributed by atoms with Crippen LogP contribution in [0.5, 0.6) is 0 Å². The Bertz CT molecular complexity index is 421. The van der Waals surface area contributed by atoms with Gasteiger partial charge in [0.15, 0.2) is 5.82 Å². The lowest BCUT2D eigenvalue weighted by atomic mass is 9.80. The van der Waals surface area contributed by atoms with Crippen molar-refractivity contribution in [3.63, 3.8) is 0 Å². The zero-order valence-electron chi connectivity index (χ0n) is 10.2. The summed E-state index contributed by atoms with van der Waals surface area (Å²) in [7, 11) is 0. The Kier molecular flexibility index (Phi) is 2.74. The molecule has 0 bridgehead atoms. The van der Waals surface area contributed by atoms with Gasteiger partial charge in [-0.2, -0.15) is 4.98 Å². The molecule has 0 aromatic carbocycles. The molecule has 0 spiro atoms. The topological polar surface area (TPSA) is 48.2 Å². The standard InChI is InChI=1S/C13H18N2O2/c1-13(7-3-2-4-8-13)12-14-11(17-15-12)10-6-5-9-16-10/h3,7,10H,2,4-6,8-9H2,1H3/t10-,13?/m1/s1. The molecule has 1 aromatic heterocycles. The molecule has 4 heteroatoms. The first-order valence-corrected chi connectivity index (χ1v) is 6.41. The molecule has 2 atom stereocenters. The zero-order chi connectivity index (χ0) is 11.7. The molecule has 1 saturated heterocycles. The Morgan fingerprint density at radius 3 is 3.06 bits per heavy atom. The van der Waals surface area contributed by atoms with Gasteiger partial charge in [-0.15, -0.1) is 0 Å². The highest BCUT2D eigenvalue weighted by atomic mass is 16.5. The average molecular weight is 234 g/mol. The van der Waals surface area contributed by atoms with E-state index >= 15 is 0 Å². The number of rotatable bonds is 2. The normalized spacial score (nSPS) is 33.1. The lowest BCUT2D eigenvalue weighted by Crippen LogP contribution is -2.22. The summed E-state index contributed by atoms with van der Waals surface area (Å²) in [6.45, 7) is 2.98. The lowest BCUT2D eigenvalue weighted by Gasteiger charge is -2.24. The van der Waals surface area contributed by atoms with E-state index in [2.05, 4.69) is 29.2 Å². The monoisotopic (exact) mass is 234 g/mol. The fraction of sp³-hybridized carbons (Fsp3) is 0.692. The number of hydrogen-bond donors (Lipinski definition) is 0. The highest BCUT2D eigenvalue weighted by molar-refractivity contribution is 5.18. The maximum atomic E-state index is 5.56. The maximum Gasteiger partial charge on any atom is 0.255 e. The summed E-state index contributed by atoms with van der Waals surface area (Å²) in [6, 6.07) is 0. The fourth-order valence-electron chi connectivity index (χ4n) is 2.57. The zero-order valence-corrected chi connectivity index (χ0v) is 10.2. The molecule has 0 N–H and O–H groups in total. The summed E-state index contributed by atoms with van der Waals surface area (Å²) in [5.41, 5.74) is -0.0569. The van der Waals surface area contributed by atoms with Crippen LogP contribution < -0.4 is 0 Å². The van der Waals surface area contributed by atoms with E-state index in [-0.39, 0.29) is 11.5 Å². The number of allylic oxidation sites excluding steroid dienone is 2. The largest absolute Gasteiger partial charge is 0.368 e. The molecule has 3 rings (SSSR count). The minimum atomic E-state index is -0.0569. The summed E-state index contributed by atoms with van der Waals surface area (Å²) in [4.78, 5) is 4.53. The number of hydrogen-bond acceptors (Lipinski definition) is 4. The molecule has 0 saturated carbocycles. The first kappa shape index (κ1) is 11.0. The van der Waals surface area contributed by atoms with Gasteiger partial charge in [0.2, 0.25) is 0 Å². The van der Waals surface area contributed by atoms with Gasteiger partial charge in [0.1, 0.15) is 6.10 Å². The Labute approximate surface area is 101 Å². The van der Waals surface area contributed by atoms with Gasteiger partial charge in [0.05, 0.1) is 0 Å². The van der Waals surface area contributed by atoms with Crippen LogP contribution in [0.3, 0.4) is 0 Å². The maximum absolute atomic E-state index is 5.56. The van der Waals surface area contributed by atoms with Gasteiger partial charge in [-0.05, 0) is 39.0 Å². The van der Waals surface area contributed by atoms with Gasteiger partial charge < -0.3 is 9.26 Å². The van der Waals surface area contributed by atoms with Gasteiger partial charge in [-0.3, -0.25) is 0 Å². The molecule has 0 radical (unpaired) electrons. The van der Waals surface area contributed by atoms with E-state index in [4.69, 9.17) is 9.26 Å². The summed E-state index contributed by atoms with van der Waals surface area (Å²) in [5.74, 6) is 1.46. The van der Waals surface area contributed by atoms with Crippen LogP contribution in [-0.4, -0.2) is 16.7 Å². The molecule has 1 unspecified atom stereocenters. The van der Waals surface area contributed by atoms with Crippen molar-refractivity contribution in [2.24, 2.45) is 0 Å². The van der Waals surface area contributed by atoms with Crippen LogP contribution in [0.15, 0.2) is 16.7 Å². The van der Waals surface area contributed by atoms with E-state index in [9.17, 15) is 0 Å². The fourth-order valence-corrected chi connectivity index (χ4v) is 2.57. The van der Waals surface area contributed by atoms with Crippen LogP contribution in [0.25, 0.3) is 0 Å². The highest BCUT2D eigenvalue weighted by Crippen LogP contribution is 2.34. The molecular formula is C13H18N2O2. The van der Waals surface area contributed by atoms with E-state index in [1.807, 2.05) is 0 Å². The van der Waals surface area contributed by atoms with Crippen LogP contribution >= 0.6 is 0 Å². The van der Waals surface area contributed by atoms with E-state index in [1.165, 1.54) is 6.42 Å². The third kappa shape index (κ3) is 2.02. The van der Waals surface area contributed by atoms with E-state index in [0.29, 0.717) is 5.89 Å². The second-order valence-corrected chi connectivity index (χ2v) is 5.17. The van der Waals surface area contributed by atoms with Crippen molar-refractivity contribution in [1.29, 1.82) is 0 Å². The van der Waals surface area contributed by atoms with Crippen LogP contribution in [0.1, 0.15) is 56.8 Å². The van der Waals surface area contributed by atoms with Crippen molar-refractivity contribution in [2.75, 3.05) is 6.61 Å². The number of ether oxygens (including phenoxy) is 1. The third-order valence-electron chi connectivity index (χ3n) is 3.71. The molecule has 4 nitrogen and oxygen atoms in total. The van der Waals surface area contributed by atoms with Gasteiger partial charge in [0, 0.05) is 12.0 Å². The Morgan fingerprint density at radius 1 is 1.41 bits per heavy atom. The minimum Gasteiger partial charge on any atom is -0.368 e. The van der Waals surface area contributed by atoms with Crippen molar-refractivity contribution in [1.82, 2.24) is 10.1 Å². The van der Waals surface area contributed by atoms with Crippen molar-refractivity contribution in [2.45, 2.75) is 50.5 Å². The van der Waals surface area contributed by atoms with Gasteiger partial charge >= 0.3 is 0 Å². The van der Waals surface area contributed by atoms with Crippen LogP contribution in [0.2, 0.25) is 0 Å². The first-order chi connectivity index (χ1) is 8.28. The molecular weight excluding hydrogens is 216 g/mol. The quantitative estimate of drug-likeness (QED) is 0.738. The van der Waals surface area contributed by atoms with Gasteiger partial charge in [0.25, 0.3) is 5.89 Å². The van der Waals surface area contributed by atoms with Crippen molar-refractivity contribution in [3.05, 3.63) is 23.9 Å². The predicted molar refractivity (Wildman–Crippen MR) is 62.6 cm³/mol. The molecule has 92 valence electrons. The van der Waals surface area contributed by atoms with Crippen LogP contribution in [0, 0.1) is 0 Å². The third-order valence-corrected chi connectivity index (χ3v) is 3.71. The van der Waals surface area contributed by atoms with Crippen molar-refractivity contribution < 1.29 is 9.26 Å². The Hall–Kier alpha value is -1.16. The van der Waals surface area contributed by atoms with Gasteiger partial charge in [-0.25, -0.2) is 0 Å². The molecule has 17 heavy (non-hydrogen) atoms. The number of aromatic nitrogens is 2. The molecule has 1 aliphatic heterocycles. The van der Waals surface area contributed by atoms with E-state index in [0.717, 1.165) is 38.1 Å². The summed E-state index contributed by atoms with van der Waals surface area (Å²) in [6.07, 6.45) is 9.96. The second-order valence-electron chi connectivity index (χ2n) is 5.17. The van der Waals surface area contributed by atoms with Crippen LogP contribution in [0.4, 0.5) is 0 Å². The smallest absolute Gasteiger partial charge is 0.255 e. The molecule has 0 amide bonds. The van der Waals surface area contributed by atoms with E-state index in [1.54, 1.807) is 0 Å². The molecule has 2 aliphatic rings. The summed E-state index contributed by atoms with van der Waals surface area (Å²) >= 11 is 0. The van der Waals surface area contributed by atoms with Crippen molar-refractivity contribution >= 4 is 0 Å². The van der Waals surface area contributed by atoms with Crippen LogP contribution in [-0.2, 0) is 10.2 Å². The first-order valence-electron chi connectivity index (χ1n) is 6.41. The van der Waals surface area contributed by atoms with Gasteiger partial charge in [-0.1, -0.05) is 17.3 Å². The molecule has 1 fully saturated rings. The summed E-state index contributed by atoms with van der Waals surface area (Å²) in [5, 5.41) is 4.14. The Morgan fingerprint density at radius 2 is 2.35 bits per heavy atom. The average Bonchev–Trinajstić information content (AvgIpc) is 3.01. The van der Waals surface area contributed by atoms with E-state index < -0.39 is 0 Å². The SMILES string of the molecule is CC1(c2noc([C@H]3CCCO3)n2)C=CCCC1. The molecule has 1 aromatic rings. The molecule has 2 heterocycles. The number of nitrogens with zero attached hydrogens (tertiary/aromatic N) is 2. The summed E-state index contributed by atoms with van der Waals surface area (Å²) < 4.78 is 10.9. The second kappa shape index (κ2) is 4.26. The lowest BCUT2D eigenvalue weighted by molar-refractivity contribution is 0.0835. The highest BCUT2D eigenvalue weighted by Gasteiger charge is 2.32. The molecule has 1 aliphatic carbocycles. The van der Waals surface area contributed by atoms with Crippen molar-refractivity contribution in [3.8, 4) is 0 Å².